The molecule has 0 spiro atoms. The van der Waals surface area contributed by atoms with Crippen LogP contribution in [0.4, 0.5) is 5.69 Å². The number of aliphatic carboxylic acids is 2. The topological polar surface area (TPSA) is 103 Å². The van der Waals surface area contributed by atoms with Crippen LogP contribution in [0, 0.1) is 5.92 Å². The van der Waals surface area contributed by atoms with Crippen molar-refractivity contribution in [1.82, 2.24) is 10.3 Å². The smallest absolute Gasteiger partial charge is 0.328 e. The van der Waals surface area contributed by atoms with Crippen molar-refractivity contribution in [3.63, 3.8) is 0 Å². The maximum Gasteiger partial charge on any atom is 0.328 e. The lowest BCUT2D eigenvalue weighted by molar-refractivity contribution is -0.134. The number of nitrogens with one attached hydrogen (secondary N) is 1. The van der Waals surface area contributed by atoms with E-state index in [-0.39, 0.29) is 0 Å². The quantitative estimate of drug-likeness (QED) is 0.708. The van der Waals surface area contributed by atoms with Gasteiger partial charge in [-0.3, -0.25) is 4.98 Å². The van der Waals surface area contributed by atoms with Gasteiger partial charge in [0.2, 0.25) is 0 Å². The van der Waals surface area contributed by atoms with Gasteiger partial charge in [-0.25, -0.2) is 9.59 Å². The molecule has 2 fully saturated rings. The number of hydrogen-bond acceptors (Lipinski definition) is 5. The summed E-state index contributed by atoms with van der Waals surface area (Å²) in [7, 11) is 0. The molecule has 0 radical (unpaired) electrons. The van der Waals surface area contributed by atoms with Crippen LogP contribution in [-0.4, -0.2) is 52.8 Å². The summed E-state index contributed by atoms with van der Waals surface area (Å²) in [6.07, 6.45) is 4.68. The lowest BCUT2D eigenvalue weighted by atomic mass is 9.96. The zero-order valence-electron chi connectivity index (χ0n) is 11.6. The van der Waals surface area contributed by atoms with Crippen LogP contribution in [0.5, 0.6) is 0 Å². The highest BCUT2D eigenvalue weighted by Crippen LogP contribution is 2.28. The number of carboxylic acid groups (broad SMARTS) is 2. The standard InChI is InChI=1S/C10H12ClN3.C4H4O4/c11-8-1-9(4-12-3-8)14-5-7-2-13-10(7)6-14;5-3(6)1-2-4(7)8/h1,3-4,7,10,13H,2,5-6H2;1-2H,(H,5,6)(H,7,8)/b;2-1+/t7-,10+;/m0./s1. The lowest BCUT2D eigenvalue weighted by Gasteiger charge is -2.29. The number of anilines is 1. The normalized spacial score (nSPS) is 22.5. The predicted molar refractivity (Wildman–Crippen MR) is 81.2 cm³/mol. The van der Waals surface area contributed by atoms with E-state index >= 15 is 0 Å². The Morgan fingerprint density at radius 1 is 1.27 bits per heavy atom. The predicted octanol–water partition coefficient (Wildman–Crippen LogP) is 0.855. The number of halogens is 1. The maximum absolute atomic E-state index is 9.55. The molecular weight excluding hydrogens is 310 g/mol. The Hall–Kier alpha value is -2.12. The lowest BCUT2D eigenvalue weighted by Crippen LogP contribution is -2.51. The summed E-state index contributed by atoms with van der Waals surface area (Å²) in [5.41, 5.74) is 1.15. The van der Waals surface area contributed by atoms with Crippen molar-refractivity contribution in [2.45, 2.75) is 6.04 Å². The van der Waals surface area contributed by atoms with E-state index in [0.717, 1.165) is 36.3 Å². The average Bonchev–Trinajstić information content (AvgIpc) is 2.73. The summed E-state index contributed by atoms with van der Waals surface area (Å²) in [5.74, 6) is -1.69. The van der Waals surface area contributed by atoms with E-state index in [9.17, 15) is 9.59 Å². The highest BCUT2D eigenvalue weighted by atomic mass is 35.5. The average molecular weight is 326 g/mol. The van der Waals surface area contributed by atoms with Crippen molar-refractivity contribution >= 4 is 29.2 Å². The Balaban J connectivity index is 0.000000192. The maximum atomic E-state index is 9.55. The number of carboxylic acids is 2. The fraction of sp³-hybridized carbons (Fsp3) is 0.357. The summed E-state index contributed by atoms with van der Waals surface area (Å²) >= 11 is 5.91. The number of fused-ring (bicyclic) bond motifs is 1. The molecule has 2 aliphatic heterocycles. The van der Waals surface area contributed by atoms with Crippen LogP contribution in [0.1, 0.15) is 0 Å². The third-order valence-corrected chi connectivity index (χ3v) is 3.71. The highest BCUT2D eigenvalue weighted by molar-refractivity contribution is 6.30. The molecule has 0 unspecified atom stereocenters. The fourth-order valence-electron chi connectivity index (χ4n) is 2.38. The van der Waals surface area contributed by atoms with Gasteiger partial charge in [0.15, 0.2) is 0 Å². The van der Waals surface area contributed by atoms with E-state index in [2.05, 4.69) is 15.2 Å². The number of hydrogen-bond donors (Lipinski definition) is 3. The molecule has 2 atom stereocenters. The monoisotopic (exact) mass is 325 g/mol. The van der Waals surface area contributed by atoms with E-state index in [1.54, 1.807) is 6.20 Å². The molecule has 3 heterocycles. The van der Waals surface area contributed by atoms with Crippen LogP contribution in [-0.2, 0) is 9.59 Å². The van der Waals surface area contributed by atoms with Gasteiger partial charge in [-0.1, -0.05) is 11.6 Å². The molecule has 2 saturated heterocycles. The van der Waals surface area contributed by atoms with Crippen LogP contribution in [0.25, 0.3) is 0 Å². The Morgan fingerprint density at radius 2 is 1.95 bits per heavy atom. The van der Waals surface area contributed by atoms with Gasteiger partial charge in [0, 0.05) is 49.9 Å². The molecule has 22 heavy (non-hydrogen) atoms. The second-order valence-electron chi connectivity index (χ2n) is 5.05. The number of rotatable bonds is 3. The van der Waals surface area contributed by atoms with Crippen molar-refractivity contribution in [3.8, 4) is 0 Å². The van der Waals surface area contributed by atoms with Gasteiger partial charge in [-0.15, -0.1) is 0 Å². The first-order valence-electron chi connectivity index (χ1n) is 6.68. The molecule has 0 amide bonds. The Kier molecular flexibility index (Phi) is 5.35. The molecule has 3 N–H and O–H groups in total. The fourth-order valence-corrected chi connectivity index (χ4v) is 2.55. The van der Waals surface area contributed by atoms with Gasteiger partial charge in [-0.2, -0.15) is 0 Å². The van der Waals surface area contributed by atoms with Crippen LogP contribution in [0.3, 0.4) is 0 Å². The number of pyridine rings is 1. The Morgan fingerprint density at radius 3 is 2.36 bits per heavy atom. The Labute approximate surface area is 132 Å². The molecule has 2 aliphatic rings. The molecule has 118 valence electrons. The first-order chi connectivity index (χ1) is 10.5. The Bertz CT molecular complexity index is 565. The molecule has 3 rings (SSSR count). The minimum Gasteiger partial charge on any atom is -0.478 e. The number of carbonyl (C=O) groups is 2. The van der Waals surface area contributed by atoms with E-state index < -0.39 is 11.9 Å². The van der Waals surface area contributed by atoms with E-state index in [1.165, 1.54) is 0 Å². The van der Waals surface area contributed by atoms with Gasteiger partial charge in [0.05, 0.1) is 16.9 Å². The van der Waals surface area contributed by atoms with E-state index in [0.29, 0.717) is 18.2 Å². The summed E-state index contributed by atoms with van der Waals surface area (Å²) in [6.45, 7) is 3.39. The van der Waals surface area contributed by atoms with Gasteiger partial charge in [0.25, 0.3) is 0 Å². The summed E-state index contributed by atoms with van der Waals surface area (Å²) in [5, 5.41) is 19.8. The van der Waals surface area contributed by atoms with Crippen molar-refractivity contribution < 1.29 is 19.8 Å². The molecule has 7 nitrogen and oxygen atoms in total. The first-order valence-corrected chi connectivity index (χ1v) is 7.06. The van der Waals surface area contributed by atoms with Crippen molar-refractivity contribution in [1.29, 1.82) is 0 Å². The largest absolute Gasteiger partial charge is 0.478 e. The highest BCUT2D eigenvalue weighted by Gasteiger charge is 2.39. The van der Waals surface area contributed by atoms with Crippen molar-refractivity contribution in [3.05, 3.63) is 35.6 Å². The molecule has 0 aromatic carbocycles. The molecule has 8 heteroatoms. The van der Waals surface area contributed by atoms with Gasteiger partial charge >= 0.3 is 11.9 Å². The minimum absolute atomic E-state index is 0.558. The molecule has 1 aromatic rings. The summed E-state index contributed by atoms with van der Waals surface area (Å²) in [4.78, 5) is 25.6. The zero-order chi connectivity index (χ0) is 16.1. The summed E-state index contributed by atoms with van der Waals surface area (Å²) in [6, 6.07) is 2.67. The van der Waals surface area contributed by atoms with Gasteiger partial charge in [-0.05, 0) is 6.07 Å². The molecule has 0 aliphatic carbocycles. The molecule has 0 saturated carbocycles. The molecule has 1 aromatic heterocycles. The van der Waals surface area contributed by atoms with E-state index in [1.807, 2.05) is 12.3 Å². The van der Waals surface area contributed by atoms with Gasteiger partial charge < -0.3 is 20.4 Å². The van der Waals surface area contributed by atoms with E-state index in [4.69, 9.17) is 21.8 Å². The third kappa shape index (κ3) is 4.44. The summed E-state index contributed by atoms with van der Waals surface area (Å²) < 4.78 is 0. The zero-order valence-corrected chi connectivity index (χ0v) is 12.4. The second-order valence-corrected chi connectivity index (χ2v) is 5.49. The second kappa shape index (κ2) is 7.24. The molecular formula is C14H16ClN3O4. The number of nitrogens with zero attached hydrogens (tertiary/aromatic N) is 2. The SMILES string of the molecule is Clc1cncc(N2C[C@@H]3CN[C@@H]3C2)c1.O=C(O)/C=C/C(=O)O. The third-order valence-electron chi connectivity index (χ3n) is 3.51. The van der Waals surface area contributed by atoms with Crippen molar-refractivity contribution in [2.75, 3.05) is 24.5 Å². The van der Waals surface area contributed by atoms with Crippen LogP contribution in [0.15, 0.2) is 30.6 Å². The van der Waals surface area contributed by atoms with Crippen molar-refractivity contribution in [2.24, 2.45) is 5.92 Å². The van der Waals surface area contributed by atoms with Crippen LogP contribution >= 0.6 is 11.6 Å². The minimum atomic E-state index is -1.26. The van der Waals surface area contributed by atoms with Gasteiger partial charge in [0.1, 0.15) is 0 Å². The van der Waals surface area contributed by atoms with Crippen LogP contribution < -0.4 is 10.2 Å². The number of aromatic nitrogens is 1. The molecule has 0 bridgehead atoms. The van der Waals surface area contributed by atoms with Crippen LogP contribution in [0.2, 0.25) is 5.02 Å². The first kappa shape index (κ1) is 16.3.